The molecule has 0 bridgehead atoms. The third-order valence-corrected chi connectivity index (χ3v) is 8.86. The molecule has 0 radical (unpaired) electrons. The second-order valence-electron chi connectivity index (χ2n) is 9.03. The number of halogens is 6. The van der Waals surface area contributed by atoms with Crippen molar-refractivity contribution < 1.29 is 36.6 Å². The van der Waals surface area contributed by atoms with Crippen molar-refractivity contribution in [3.05, 3.63) is 80.1 Å². The Balaban J connectivity index is 1.74. The zero-order valence-corrected chi connectivity index (χ0v) is 21.1. The van der Waals surface area contributed by atoms with Crippen LogP contribution in [0.1, 0.15) is 38.6 Å². The van der Waals surface area contributed by atoms with Crippen LogP contribution in [0.3, 0.4) is 0 Å². The lowest BCUT2D eigenvalue weighted by Crippen LogP contribution is -2.48. The molecule has 2 aromatic heterocycles. The van der Waals surface area contributed by atoms with Crippen LogP contribution in [0.15, 0.2) is 54.3 Å². The molecule has 2 N–H and O–H groups in total. The largest absolute Gasteiger partial charge is 0.512 e. The molecule has 2 heterocycles. The van der Waals surface area contributed by atoms with Crippen LogP contribution < -0.4 is 0 Å². The number of alkyl halides is 6. The van der Waals surface area contributed by atoms with Crippen LogP contribution in [0.4, 0.5) is 26.3 Å². The van der Waals surface area contributed by atoms with E-state index in [-0.39, 0.29) is 32.4 Å². The van der Waals surface area contributed by atoms with E-state index in [1.54, 1.807) is 6.08 Å². The first-order valence-corrected chi connectivity index (χ1v) is 12.9. The van der Waals surface area contributed by atoms with Gasteiger partial charge in [0.05, 0.1) is 5.76 Å². The molecule has 5 rings (SSSR count). The van der Waals surface area contributed by atoms with Crippen molar-refractivity contribution in [1.82, 2.24) is 0 Å². The summed E-state index contributed by atoms with van der Waals surface area (Å²) in [5, 5.41) is 19.1. The standard InChI is InChI=1S/C27H20F6O2S2/c1-13-19(11-21(36-13)15-3-7-17(34)8-4-15)23-24(26(30,31)27(32,33)25(23,28)29)20-12-22(37-14(20)2)16-5-9-18(35)10-6-16/h3-5,7-9,11-12,34-35H,6,10H2,1-2H3. The molecule has 3 aromatic rings. The van der Waals surface area contributed by atoms with Gasteiger partial charge in [-0.15, -0.1) is 22.7 Å². The second kappa shape index (κ2) is 8.52. The smallest absolute Gasteiger partial charge is 0.380 e. The molecular formula is C27H20F6O2S2. The van der Waals surface area contributed by atoms with Gasteiger partial charge in [0.1, 0.15) is 5.75 Å². The molecule has 0 saturated carbocycles. The molecule has 2 nitrogen and oxygen atoms in total. The number of aliphatic hydroxyl groups excluding tert-OH is 1. The summed E-state index contributed by atoms with van der Waals surface area (Å²) in [6, 6.07) is 8.31. The minimum Gasteiger partial charge on any atom is -0.512 e. The summed E-state index contributed by atoms with van der Waals surface area (Å²) < 4.78 is 90.9. The Bertz CT molecular complexity index is 1490. The molecule has 2 aliphatic rings. The number of phenols is 1. The highest BCUT2D eigenvalue weighted by Crippen LogP contribution is 2.66. The molecule has 0 atom stereocenters. The number of aryl methyl sites for hydroxylation is 2. The molecule has 0 amide bonds. The van der Waals surface area contributed by atoms with E-state index >= 15 is 17.6 Å². The molecular weight excluding hydrogens is 534 g/mol. The second-order valence-corrected chi connectivity index (χ2v) is 11.5. The molecule has 0 fully saturated rings. The van der Waals surface area contributed by atoms with Gasteiger partial charge < -0.3 is 10.2 Å². The van der Waals surface area contributed by atoms with E-state index in [0.29, 0.717) is 33.7 Å². The Labute approximate surface area is 216 Å². The van der Waals surface area contributed by atoms with E-state index in [1.165, 1.54) is 56.3 Å². The van der Waals surface area contributed by atoms with Crippen LogP contribution in [-0.2, 0) is 0 Å². The first-order valence-electron chi connectivity index (χ1n) is 11.2. The van der Waals surface area contributed by atoms with Crippen molar-refractivity contribution in [3.63, 3.8) is 0 Å². The summed E-state index contributed by atoms with van der Waals surface area (Å²) in [5.41, 5.74) is -2.22. The van der Waals surface area contributed by atoms with Gasteiger partial charge in [-0.3, -0.25) is 0 Å². The van der Waals surface area contributed by atoms with Crippen LogP contribution in [0.5, 0.6) is 5.75 Å². The monoisotopic (exact) mass is 554 g/mol. The summed E-state index contributed by atoms with van der Waals surface area (Å²) in [7, 11) is 0. The molecule has 2 aliphatic carbocycles. The minimum absolute atomic E-state index is 0.0219. The minimum atomic E-state index is -5.63. The Kier molecular flexibility index (Phi) is 5.91. The van der Waals surface area contributed by atoms with Gasteiger partial charge in [0.2, 0.25) is 0 Å². The highest BCUT2D eigenvalue weighted by atomic mass is 32.1. The first kappa shape index (κ1) is 25.7. The zero-order valence-electron chi connectivity index (χ0n) is 19.5. The van der Waals surface area contributed by atoms with Gasteiger partial charge in [0, 0.05) is 37.1 Å². The molecule has 0 spiro atoms. The maximum Gasteiger partial charge on any atom is 0.380 e. The lowest BCUT2D eigenvalue weighted by molar-refractivity contribution is -0.254. The van der Waals surface area contributed by atoms with Crippen molar-refractivity contribution in [1.29, 1.82) is 0 Å². The van der Waals surface area contributed by atoms with Crippen LogP contribution in [0, 0.1) is 13.8 Å². The van der Waals surface area contributed by atoms with Gasteiger partial charge >= 0.3 is 17.8 Å². The SMILES string of the molecule is Cc1sc(C2=CC=C(O)CC2)cc1C1=C(c2cc(-c3ccc(O)cc3)sc2C)C(F)(F)C(F)(F)C1(F)F. The highest BCUT2D eigenvalue weighted by molar-refractivity contribution is 7.15. The lowest BCUT2D eigenvalue weighted by atomic mass is 9.94. The number of benzene rings is 1. The van der Waals surface area contributed by atoms with Crippen molar-refractivity contribution in [2.45, 2.75) is 44.5 Å². The Morgan fingerprint density at radius 3 is 1.73 bits per heavy atom. The molecule has 37 heavy (non-hydrogen) atoms. The number of aliphatic hydroxyl groups is 1. The highest BCUT2D eigenvalue weighted by Gasteiger charge is 2.80. The van der Waals surface area contributed by atoms with E-state index in [2.05, 4.69) is 0 Å². The third-order valence-electron chi connectivity index (χ3n) is 6.64. The van der Waals surface area contributed by atoms with Gasteiger partial charge in [-0.05, 0) is 85.0 Å². The third kappa shape index (κ3) is 3.84. The first-order chi connectivity index (χ1) is 17.3. The lowest BCUT2D eigenvalue weighted by Gasteiger charge is -2.25. The number of allylic oxidation sites excluding steroid dienone is 6. The molecule has 0 saturated heterocycles. The van der Waals surface area contributed by atoms with Gasteiger partial charge in [-0.1, -0.05) is 6.08 Å². The van der Waals surface area contributed by atoms with E-state index in [9.17, 15) is 19.0 Å². The van der Waals surface area contributed by atoms with Gasteiger partial charge in [-0.25, -0.2) is 0 Å². The number of hydrogen-bond donors (Lipinski definition) is 2. The summed E-state index contributed by atoms with van der Waals surface area (Å²) in [5.74, 6) is -15.8. The number of aromatic hydroxyl groups is 1. The van der Waals surface area contributed by atoms with Gasteiger partial charge in [0.25, 0.3) is 0 Å². The van der Waals surface area contributed by atoms with Crippen molar-refractivity contribution >= 4 is 39.4 Å². The number of thiophene rings is 2. The average molecular weight is 555 g/mol. The summed E-state index contributed by atoms with van der Waals surface area (Å²) >= 11 is 2.07. The maximum absolute atomic E-state index is 15.3. The zero-order chi connectivity index (χ0) is 26.9. The molecule has 0 unspecified atom stereocenters. The summed E-state index contributed by atoms with van der Waals surface area (Å²) in [6.07, 6.45) is 3.79. The quantitative estimate of drug-likeness (QED) is 0.316. The summed E-state index contributed by atoms with van der Waals surface area (Å²) in [6.45, 7) is 2.87. The van der Waals surface area contributed by atoms with Gasteiger partial charge in [-0.2, -0.15) is 26.3 Å². The predicted molar refractivity (Wildman–Crippen MR) is 135 cm³/mol. The Morgan fingerprint density at radius 1 is 0.703 bits per heavy atom. The van der Waals surface area contributed by atoms with Crippen LogP contribution >= 0.6 is 22.7 Å². The fraction of sp³-hybridized carbons (Fsp3) is 0.259. The van der Waals surface area contributed by atoms with E-state index in [4.69, 9.17) is 0 Å². The number of phenolic OH excluding ortho intramolecular Hbond substituents is 1. The Morgan fingerprint density at radius 2 is 1.22 bits per heavy atom. The van der Waals surface area contributed by atoms with Crippen LogP contribution in [0.25, 0.3) is 27.2 Å². The van der Waals surface area contributed by atoms with E-state index in [0.717, 1.165) is 22.7 Å². The van der Waals surface area contributed by atoms with Crippen molar-refractivity contribution in [2.75, 3.05) is 0 Å². The van der Waals surface area contributed by atoms with E-state index in [1.807, 2.05) is 0 Å². The normalized spacial score (nSPS) is 20.2. The maximum atomic E-state index is 15.3. The molecule has 0 aliphatic heterocycles. The van der Waals surface area contributed by atoms with Crippen LogP contribution in [-0.4, -0.2) is 28.0 Å². The van der Waals surface area contributed by atoms with Crippen molar-refractivity contribution in [3.8, 4) is 16.2 Å². The molecule has 1 aromatic carbocycles. The number of hydrogen-bond acceptors (Lipinski definition) is 4. The fourth-order valence-corrected chi connectivity index (χ4v) is 6.76. The van der Waals surface area contributed by atoms with Crippen molar-refractivity contribution in [2.24, 2.45) is 0 Å². The van der Waals surface area contributed by atoms with Gasteiger partial charge in [0.15, 0.2) is 0 Å². The fourth-order valence-electron chi connectivity index (χ4n) is 4.65. The van der Waals surface area contributed by atoms with E-state index < -0.39 is 28.9 Å². The topological polar surface area (TPSA) is 40.5 Å². The number of rotatable bonds is 4. The average Bonchev–Trinajstić information content (AvgIpc) is 3.42. The van der Waals surface area contributed by atoms with Crippen LogP contribution in [0.2, 0.25) is 0 Å². The Hall–Kier alpha value is -2.98. The molecule has 194 valence electrons. The summed E-state index contributed by atoms with van der Waals surface area (Å²) in [4.78, 5) is 1.30. The molecule has 10 heteroatoms. The predicted octanol–water partition coefficient (Wildman–Crippen LogP) is 9.25.